The fourth-order valence-electron chi connectivity index (χ4n) is 3.60. The predicted octanol–water partition coefficient (Wildman–Crippen LogP) is 3.45. The number of fused-ring (bicyclic) bond motifs is 1. The Kier molecular flexibility index (Phi) is 3.57. The normalized spacial score (nSPS) is 14.5. The van der Waals surface area contributed by atoms with E-state index >= 15 is 0 Å². The molecule has 2 aromatic heterocycles. The highest BCUT2D eigenvalue weighted by Crippen LogP contribution is 2.31. The molecule has 3 heterocycles. The van der Waals surface area contributed by atoms with Crippen LogP contribution in [-0.4, -0.2) is 39.3 Å². The molecule has 0 atom stereocenters. The number of rotatable bonds is 4. The number of likely N-dealkylation sites (tertiary alicyclic amines) is 1. The highest BCUT2D eigenvalue weighted by molar-refractivity contribution is 5.83. The number of benzene rings is 2. The number of hydrogen-bond acceptors (Lipinski definition) is 4. The molecule has 5 rings (SSSR count). The van der Waals surface area contributed by atoms with E-state index in [4.69, 9.17) is 4.52 Å². The molecule has 6 nitrogen and oxygen atoms in total. The molecule has 1 amide bonds. The maximum absolute atomic E-state index is 10.8. The van der Waals surface area contributed by atoms with Crippen molar-refractivity contribution < 1.29 is 9.32 Å². The SMILES string of the molecule is Cn1cc2ccc(-c3cc(-c4cccc(C5CN(C=O)C5)c4)no3)cc2n1. The van der Waals surface area contributed by atoms with E-state index in [0.717, 1.165) is 53.0 Å². The third kappa shape index (κ3) is 2.79. The Bertz CT molecular complexity index is 1140. The Balaban J connectivity index is 1.43. The molecule has 0 aliphatic carbocycles. The van der Waals surface area contributed by atoms with Crippen LogP contribution < -0.4 is 0 Å². The zero-order valence-corrected chi connectivity index (χ0v) is 14.9. The van der Waals surface area contributed by atoms with Gasteiger partial charge in [0.05, 0.1) is 5.52 Å². The van der Waals surface area contributed by atoms with Gasteiger partial charge in [0, 0.05) is 54.8 Å². The van der Waals surface area contributed by atoms with Gasteiger partial charge in [-0.05, 0) is 17.7 Å². The summed E-state index contributed by atoms with van der Waals surface area (Å²) in [5.41, 5.74) is 4.94. The van der Waals surface area contributed by atoms with E-state index in [1.165, 1.54) is 5.56 Å². The smallest absolute Gasteiger partial charge is 0.209 e. The van der Waals surface area contributed by atoms with E-state index in [2.05, 4.69) is 22.4 Å². The first-order valence-electron chi connectivity index (χ1n) is 8.90. The van der Waals surface area contributed by atoms with Gasteiger partial charge in [0.1, 0.15) is 5.69 Å². The molecule has 4 aromatic rings. The fourth-order valence-corrected chi connectivity index (χ4v) is 3.60. The average Bonchev–Trinajstić information content (AvgIpc) is 3.26. The lowest BCUT2D eigenvalue weighted by atomic mass is 9.90. The number of hydrogen-bond donors (Lipinski definition) is 0. The monoisotopic (exact) mass is 358 g/mol. The van der Waals surface area contributed by atoms with Crippen LogP contribution in [-0.2, 0) is 11.8 Å². The zero-order valence-electron chi connectivity index (χ0n) is 14.9. The second kappa shape index (κ2) is 6.09. The Morgan fingerprint density at radius 2 is 2.00 bits per heavy atom. The summed E-state index contributed by atoms with van der Waals surface area (Å²) in [5.74, 6) is 1.12. The minimum absolute atomic E-state index is 0.396. The third-order valence-electron chi connectivity index (χ3n) is 5.13. The molecule has 27 heavy (non-hydrogen) atoms. The van der Waals surface area contributed by atoms with E-state index in [9.17, 15) is 4.79 Å². The van der Waals surface area contributed by atoms with Crippen LogP contribution in [0.3, 0.4) is 0 Å². The number of nitrogens with zero attached hydrogens (tertiary/aromatic N) is 4. The molecular formula is C21H18N4O2. The van der Waals surface area contributed by atoms with Gasteiger partial charge in [-0.15, -0.1) is 0 Å². The molecule has 1 aliphatic rings. The summed E-state index contributed by atoms with van der Waals surface area (Å²) < 4.78 is 7.40. The summed E-state index contributed by atoms with van der Waals surface area (Å²) >= 11 is 0. The molecule has 0 N–H and O–H groups in total. The van der Waals surface area contributed by atoms with Crippen LogP contribution in [0, 0.1) is 0 Å². The molecule has 0 spiro atoms. The lowest BCUT2D eigenvalue weighted by molar-refractivity contribution is -0.122. The van der Waals surface area contributed by atoms with Crippen LogP contribution in [0.4, 0.5) is 0 Å². The predicted molar refractivity (Wildman–Crippen MR) is 102 cm³/mol. The van der Waals surface area contributed by atoms with E-state index in [0.29, 0.717) is 5.92 Å². The third-order valence-corrected chi connectivity index (χ3v) is 5.13. The maximum atomic E-state index is 10.8. The van der Waals surface area contributed by atoms with Crippen molar-refractivity contribution in [2.45, 2.75) is 5.92 Å². The van der Waals surface area contributed by atoms with Crippen molar-refractivity contribution in [2.24, 2.45) is 7.05 Å². The summed E-state index contributed by atoms with van der Waals surface area (Å²) in [4.78, 5) is 12.5. The van der Waals surface area contributed by atoms with Gasteiger partial charge in [0.2, 0.25) is 6.41 Å². The van der Waals surface area contributed by atoms with E-state index in [1.54, 1.807) is 9.58 Å². The minimum Gasteiger partial charge on any atom is -0.356 e. The molecule has 0 saturated carbocycles. The Hall–Kier alpha value is -3.41. The number of carbonyl (C=O) groups excluding carboxylic acids is 1. The zero-order chi connectivity index (χ0) is 18.4. The Morgan fingerprint density at radius 3 is 2.85 bits per heavy atom. The van der Waals surface area contributed by atoms with Crippen molar-refractivity contribution in [3.63, 3.8) is 0 Å². The summed E-state index contributed by atoms with van der Waals surface area (Å²) in [7, 11) is 1.91. The molecule has 6 heteroatoms. The summed E-state index contributed by atoms with van der Waals surface area (Å²) in [6.07, 6.45) is 2.89. The largest absolute Gasteiger partial charge is 0.356 e. The molecular weight excluding hydrogens is 340 g/mol. The molecule has 1 aliphatic heterocycles. The van der Waals surface area contributed by atoms with Gasteiger partial charge in [0.25, 0.3) is 0 Å². The van der Waals surface area contributed by atoms with Gasteiger partial charge in [-0.1, -0.05) is 35.5 Å². The lowest BCUT2D eigenvalue weighted by Crippen LogP contribution is -2.43. The van der Waals surface area contributed by atoms with Crippen molar-refractivity contribution in [1.82, 2.24) is 19.8 Å². The summed E-state index contributed by atoms with van der Waals surface area (Å²) in [5, 5.41) is 9.80. The molecule has 1 fully saturated rings. The van der Waals surface area contributed by atoms with Crippen LogP contribution in [0.1, 0.15) is 11.5 Å². The summed E-state index contributed by atoms with van der Waals surface area (Å²) in [6, 6.07) is 16.3. The lowest BCUT2D eigenvalue weighted by Gasteiger charge is -2.36. The molecule has 0 radical (unpaired) electrons. The van der Waals surface area contributed by atoms with Crippen LogP contribution in [0.15, 0.2) is 59.3 Å². The molecule has 2 aromatic carbocycles. The first kappa shape index (κ1) is 15.8. The molecule has 0 unspecified atom stereocenters. The summed E-state index contributed by atoms with van der Waals surface area (Å²) in [6.45, 7) is 1.56. The van der Waals surface area contributed by atoms with Crippen LogP contribution >= 0.6 is 0 Å². The van der Waals surface area contributed by atoms with Crippen molar-refractivity contribution in [1.29, 1.82) is 0 Å². The second-order valence-electron chi connectivity index (χ2n) is 7.03. The maximum Gasteiger partial charge on any atom is 0.209 e. The van der Waals surface area contributed by atoms with Crippen molar-refractivity contribution in [3.05, 3.63) is 60.3 Å². The topological polar surface area (TPSA) is 64.2 Å². The molecule has 134 valence electrons. The Morgan fingerprint density at radius 1 is 1.11 bits per heavy atom. The molecule has 1 saturated heterocycles. The number of aromatic nitrogens is 3. The van der Waals surface area contributed by atoms with Crippen molar-refractivity contribution in [2.75, 3.05) is 13.1 Å². The van der Waals surface area contributed by atoms with Crippen molar-refractivity contribution >= 4 is 17.3 Å². The highest BCUT2D eigenvalue weighted by Gasteiger charge is 2.27. The van der Waals surface area contributed by atoms with Gasteiger partial charge in [-0.3, -0.25) is 9.48 Å². The number of carbonyl (C=O) groups is 1. The van der Waals surface area contributed by atoms with Gasteiger partial charge in [0.15, 0.2) is 5.76 Å². The molecule has 0 bridgehead atoms. The van der Waals surface area contributed by atoms with Crippen LogP contribution in [0.2, 0.25) is 0 Å². The average molecular weight is 358 g/mol. The Labute approximate surface area is 156 Å². The second-order valence-corrected chi connectivity index (χ2v) is 7.03. The van der Waals surface area contributed by atoms with Gasteiger partial charge >= 0.3 is 0 Å². The van der Waals surface area contributed by atoms with Gasteiger partial charge in [-0.2, -0.15) is 5.10 Å². The van der Waals surface area contributed by atoms with Crippen LogP contribution in [0.5, 0.6) is 0 Å². The fraction of sp³-hybridized carbons (Fsp3) is 0.190. The van der Waals surface area contributed by atoms with E-state index < -0.39 is 0 Å². The van der Waals surface area contributed by atoms with E-state index in [-0.39, 0.29) is 0 Å². The number of amides is 1. The van der Waals surface area contributed by atoms with E-state index in [1.807, 2.05) is 49.6 Å². The quantitative estimate of drug-likeness (QED) is 0.524. The van der Waals surface area contributed by atoms with Crippen LogP contribution in [0.25, 0.3) is 33.5 Å². The first-order valence-corrected chi connectivity index (χ1v) is 8.90. The highest BCUT2D eigenvalue weighted by atomic mass is 16.5. The minimum atomic E-state index is 0.396. The first-order chi connectivity index (χ1) is 13.2. The van der Waals surface area contributed by atoms with Gasteiger partial charge < -0.3 is 9.42 Å². The number of aryl methyl sites for hydroxylation is 1. The van der Waals surface area contributed by atoms with Gasteiger partial charge in [-0.25, -0.2) is 0 Å². The standard InChI is InChI=1S/C21H18N4O2/c1-24-10-17-6-5-16(8-19(17)22-24)21-9-20(23-27-21)15-4-2-3-14(7-15)18-11-25(12-18)13-26/h2-10,13,18H,11-12H2,1H3. The van der Waals surface area contributed by atoms with Crippen molar-refractivity contribution in [3.8, 4) is 22.6 Å².